The van der Waals surface area contributed by atoms with Gasteiger partial charge in [-0.1, -0.05) is 5.16 Å². The quantitative estimate of drug-likeness (QED) is 0.538. The van der Waals surface area contributed by atoms with E-state index in [4.69, 9.17) is 10.8 Å². The van der Waals surface area contributed by atoms with Crippen molar-refractivity contribution >= 4 is 5.97 Å². The molecule has 0 amide bonds. The Morgan fingerprint density at radius 3 is 2.92 bits per heavy atom. The summed E-state index contributed by atoms with van der Waals surface area (Å²) in [7, 11) is 0. The van der Waals surface area contributed by atoms with Crippen LogP contribution in [0.15, 0.2) is 9.32 Å². The highest BCUT2D eigenvalue weighted by Gasteiger charge is 2.12. The molecule has 0 spiro atoms. The van der Waals surface area contributed by atoms with Crippen LogP contribution in [-0.2, 0) is 11.2 Å². The Morgan fingerprint density at radius 1 is 1.77 bits per heavy atom. The number of aromatic nitrogens is 2. The first-order valence-electron chi connectivity index (χ1n) is 3.63. The van der Waals surface area contributed by atoms with Gasteiger partial charge in [-0.15, -0.1) is 0 Å². The molecule has 1 atom stereocenters. The fraction of sp³-hybridized carbons (Fsp3) is 0.500. The number of carboxylic acid groups (broad SMARTS) is 1. The zero-order chi connectivity index (χ0) is 9.84. The number of rotatable bonds is 4. The molecule has 0 bridgehead atoms. The van der Waals surface area contributed by atoms with Crippen molar-refractivity contribution in [3.8, 4) is 0 Å². The number of carboxylic acids is 1. The van der Waals surface area contributed by atoms with E-state index in [9.17, 15) is 9.59 Å². The molecule has 7 heteroatoms. The zero-order valence-corrected chi connectivity index (χ0v) is 6.69. The lowest BCUT2D eigenvalue weighted by atomic mass is 10.2. The minimum atomic E-state index is -1.08. The van der Waals surface area contributed by atoms with Gasteiger partial charge in [0.05, 0.1) is 0 Å². The van der Waals surface area contributed by atoms with Gasteiger partial charge in [0.1, 0.15) is 6.04 Å². The Kier molecular flexibility index (Phi) is 2.80. The highest BCUT2D eigenvalue weighted by Crippen LogP contribution is 1.96. The molecule has 72 valence electrons. The summed E-state index contributed by atoms with van der Waals surface area (Å²) < 4.78 is 4.21. The third-order valence-electron chi connectivity index (χ3n) is 1.49. The number of nitrogens with zero attached hydrogens (tertiary/aromatic N) is 1. The fourth-order valence-corrected chi connectivity index (χ4v) is 0.784. The van der Waals surface area contributed by atoms with Crippen LogP contribution in [0.5, 0.6) is 0 Å². The maximum atomic E-state index is 10.4. The number of aromatic amines is 1. The predicted molar refractivity (Wildman–Crippen MR) is 41.1 cm³/mol. The van der Waals surface area contributed by atoms with Gasteiger partial charge in [0.25, 0.3) is 0 Å². The third-order valence-corrected chi connectivity index (χ3v) is 1.49. The average molecular weight is 187 g/mol. The molecule has 1 aromatic heterocycles. The minimum absolute atomic E-state index is 0.206. The maximum absolute atomic E-state index is 10.4. The van der Waals surface area contributed by atoms with E-state index in [1.165, 1.54) is 0 Å². The minimum Gasteiger partial charge on any atom is -0.480 e. The highest BCUT2D eigenvalue weighted by atomic mass is 16.5. The molecule has 1 heterocycles. The van der Waals surface area contributed by atoms with Crippen molar-refractivity contribution < 1.29 is 14.4 Å². The molecule has 0 unspecified atom stereocenters. The molecule has 0 radical (unpaired) electrons. The molecule has 0 saturated carbocycles. The lowest BCUT2D eigenvalue weighted by Crippen LogP contribution is -2.30. The summed E-state index contributed by atoms with van der Waals surface area (Å²) in [5.74, 6) is -1.42. The average Bonchev–Trinajstić information content (AvgIpc) is 2.47. The summed E-state index contributed by atoms with van der Waals surface area (Å²) in [5, 5.41) is 11.8. The number of nitrogens with one attached hydrogen (secondary N) is 1. The number of aliphatic carboxylic acids is 1. The summed E-state index contributed by atoms with van der Waals surface area (Å²) in [6.45, 7) is 0. The first-order valence-corrected chi connectivity index (χ1v) is 3.63. The van der Waals surface area contributed by atoms with E-state index in [0.717, 1.165) is 0 Å². The van der Waals surface area contributed by atoms with Crippen LogP contribution < -0.4 is 11.5 Å². The van der Waals surface area contributed by atoms with Gasteiger partial charge < -0.3 is 10.8 Å². The van der Waals surface area contributed by atoms with E-state index >= 15 is 0 Å². The summed E-state index contributed by atoms with van der Waals surface area (Å²) in [6.07, 6.45) is 0.483. The van der Waals surface area contributed by atoms with Crippen molar-refractivity contribution in [1.82, 2.24) is 10.1 Å². The van der Waals surface area contributed by atoms with E-state index in [2.05, 4.69) is 14.7 Å². The SMILES string of the molecule is N[C@@H](CCc1noc(=O)[nH]1)C(=O)O. The van der Waals surface area contributed by atoms with Crippen LogP contribution >= 0.6 is 0 Å². The highest BCUT2D eigenvalue weighted by molar-refractivity contribution is 5.72. The van der Waals surface area contributed by atoms with Gasteiger partial charge in [0.15, 0.2) is 5.82 Å². The van der Waals surface area contributed by atoms with Gasteiger partial charge in [0, 0.05) is 6.42 Å². The number of H-pyrrole nitrogens is 1. The molecule has 1 aromatic rings. The molecule has 4 N–H and O–H groups in total. The Bertz CT molecular complexity index is 342. The Labute approximate surface area is 72.5 Å². The Morgan fingerprint density at radius 2 is 2.46 bits per heavy atom. The summed E-state index contributed by atoms with van der Waals surface area (Å²) in [4.78, 5) is 23.0. The monoisotopic (exact) mass is 187 g/mol. The second-order valence-electron chi connectivity index (χ2n) is 2.53. The number of carbonyl (C=O) groups is 1. The van der Waals surface area contributed by atoms with Gasteiger partial charge >= 0.3 is 11.7 Å². The number of aryl methyl sites for hydroxylation is 1. The molecule has 0 fully saturated rings. The predicted octanol–water partition coefficient (Wildman–Crippen LogP) is -1.29. The van der Waals surface area contributed by atoms with E-state index in [1.54, 1.807) is 0 Å². The normalized spacial score (nSPS) is 12.7. The summed E-state index contributed by atoms with van der Waals surface area (Å²) in [6, 6.07) is -0.944. The number of nitrogens with two attached hydrogens (primary N) is 1. The standard InChI is InChI=1S/C6H9N3O4/c7-3(5(10)11)1-2-4-8-6(12)13-9-4/h3H,1-2,7H2,(H,10,11)(H,8,9,12)/t3-/m0/s1. The first kappa shape index (κ1) is 9.46. The lowest BCUT2D eigenvalue weighted by molar-refractivity contribution is -0.138. The van der Waals surface area contributed by atoms with Gasteiger partial charge in [-0.05, 0) is 6.42 Å². The molecule has 13 heavy (non-hydrogen) atoms. The summed E-state index contributed by atoms with van der Waals surface area (Å²) >= 11 is 0. The third kappa shape index (κ3) is 2.71. The lowest BCUT2D eigenvalue weighted by Gasteiger charge is -2.02. The van der Waals surface area contributed by atoms with Crippen LogP contribution in [0.25, 0.3) is 0 Å². The molecular formula is C6H9N3O4. The molecule has 0 aliphatic heterocycles. The van der Waals surface area contributed by atoms with Crippen molar-refractivity contribution in [3.63, 3.8) is 0 Å². The van der Waals surface area contributed by atoms with Crippen molar-refractivity contribution in [1.29, 1.82) is 0 Å². The van der Waals surface area contributed by atoms with E-state index in [1.807, 2.05) is 0 Å². The molecule has 1 rings (SSSR count). The topological polar surface area (TPSA) is 122 Å². The molecular weight excluding hydrogens is 178 g/mol. The van der Waals surface area contributed by atoms with Crippen molar-refractivity contribution in [2.45, 2.75) is 18.9 Å². The number of hydrogen-bond acceptors (Lipinski definition) is 5. The van der Waals surface area contributed by atoms with Gasteiger partial charge in [0.2, 0.25) is 0 Å². The Balaban J connectivity index is 2.43. The van der Waals surface area contributed by atoms with Gasteiger partial charge in [-0.3, -0.25) is 14.3 Å². The van der Waals surface area contributed by atoms with Crippen LogP contribution in [0.2, 0.25) is 0 Å². The molecule has 0 aliphatic rings. The van der Waals surface area contributed by atoms with Crippen LogP contribution in [0.3, 0.4) is 0 Å². The molecule has 0 aliphatic carbocycles. The molecule has 7 nitrogen and oxygen atoms in total. The van der Waals surface area contributed by atoms with Crippen molar-refractivity contribution in [2.24, 2.45) is 5.73 Å². The van der Waals surface area contributed by atoms with Gasteiger partial charge in [-0.2, -0.15) is 0 Å². The van der Waals surface area contributed by atoms with Gasteiger partial charge in [-0.25, -0.2) is 4.79 Å². The summed E-state index contributed by atoms with van der Waals surface area (Å²) in [5.41, 5.74) is 5.22. The zero-order valence-electron chi connectivity index (χ0n) is 6.69. The fourth-order valence-electron chi connectivity index (χ4n) is 0.784. The van der Waals surface area contributed by atoms with Crippen LogP contribution in [0.1, 0.15) is 12.2 Å². The smallest absolute Gasteiger partial charge is 0.438 e. The van der Waals surface area contributed by atoms with Crippen LogP contribution in [-0.4, -0.2) is 27.3 Å². The van der Waals surface area contributed by atoms with Crippen molar-refractivity contribution in [2.75, 3.05) is 0 Å². The number of hydrogen-bond donors (Lipinski definition) is 3. The van der Waals surface area contributed by atoms with E-state index in [-0.39, 0.29) is 12.8 Å². The molecule has 0 saturated heterocycles. The molecule has 0 aromatic carbocycles. The largest absolute Gasteiger partial charge is 0.480 e. The first-order chi connectivity index (χ1) is 6.09. The Hall–Kier alpha value is -1.63. The van der Waals surface area contributed by atoms with Crippen LogP contribution in [0.4, 0.5) is 0 Å². The van der Waals surface area contributed by atoms with E-state index < -0.39 is 17.8 Å². The second-order valence-corrected chi connectivity index (χ2v) is 2.53. The second kappa shape index (κ2) is 3.85. The van der Waals surface area contributed by atoms with Crippen molar-refractivity contribution in [3.05, 3.63) is 16.4 Å². The van der Waals surface area contributed by atoms with E-state index in [0.29, 0.717) is 5.82 Å². The van der Waals surface area contributed by atoms with Crippen LogP contribution in [0, 0.1) is 0 Å². The maximum Gasteiger partial charge on any atom is 0.438 e.